The van der Waals surface area contributed by atoms with E-state index in [2.05, 4.69) is 53.0 Å². The molecule has 2 aromatic rings. The molecule has 0 amide bonds. The maximum absolute atomic E-state index is 6.15. The van der Waals surface area contributed by atoms with Gasteiger partial charge in [0, 0.05) is 48.7 Å². The van der Waals surface area contributed by atoms with Gasteiger partial charge in [0.05, 0.1) is 24.8 Å². The van der Waals surface area contributed by atoms with Gasteiger partial charge in [-0.1, -0.05) is 12.1 Å². The summed E-state index contributed by atoms with van der Waals surface area (Å²) in [5.74, 6) is 2.26. The maximum Gasteiger partial charge on any atom is 0.191 e. The first-order valence-corrected chi connectivity index (χ1v) is 11.7. The van der Waals surface area contributed by atoms with Crippen LogP contribution in [0.15, 0.2) is 28.6 Å². The van der Waals surface area contributed by atoms with Gasteiger partial charge in [-0.05, 0) is 45.2 Å². The number of thiazole rings is 1. The van der Waals surface area contributed by atoms with Crippen LogP contribution in [0.3, 0.4) is 0 Å². The topological polar surface area (TPSA) is 67.8 Å². The van der Waals surface area contributed by atoms with Crippen LogP contribution in [-0.4, -0.2) is 43.9 Å². The summed E-state index contributed by atoms with van der Waals surface area (Å²) < 4.78 is 11.6. The average Bonchev–Trinajstić information content (AvgIpc) is 3.40. The van der Waals surface area contributed by atoms with Crippen LogP contribution in [0.25, 0.3) is 0 Å². The molecule has 31 heavy (non-hydrogen) atoms. The first kappa shape index (κ1) is 25.9. The zero-order valence-corrected chi connectivity index (χ0v) is 21.9. The van der Waals surface area contributed by atoms with E-state index in [9.17, 15) is 0 Å². The van der Waals surface area contributed by atoms with Gasteiger partial charge in [0.2, 0.25) is 0 Å². The smallest absolute Gasteiger partial charge is 0.191 e. The highest BCUT2D eigenvalue weighted by molar-refractivity contribution is 14.0. The second-order valence-electron chi connectivity index (χ2n) is 7.76. The highest BCUT2D eigenvalue weighted by atomic mass is 127. The summed E-state index contributed by atoms with van der Waals surface area (Å²) in [5.41, 5.74) is 3.41. The molecule has 8 heteroatoms. The average molecular weight is 559 g/mol. The van der Waals surface area contributed by atoms with Crippen LogP contribution in [0, 0.1) is 19.8 Å². The van der Waals surface area contributed by atoms with E-state index < -0.39 is 0 Å². The summed E-state index contributed by atoms with van der Waals surface area (Å²) in [6.45, 7) is 10.8. The highest BCUT2D eigenvalue weighted by Crippen LogP contribution is 2.23. The van der Waals surface area contributed by atoms with E-state index in [-0.39, 0.29) is 24.0 Å². The van der Waals surface area contributed by atoms with Gasteiger partial charge in [-0.3, -0.25) is 0 Å². The number of rotatable bonds is 10. The quantitative estimate of drug-likeness (QED) is 0.195. The molecule has 1 aliphatic heterocycles. The van der Waals surface area contributed by atoms with E-state index in [1.54, 1.807) is 11.3 Å². The lowest BCUT2D eigenvalue weighted by atomic mass is 10.1. The molecule has 3 rings (SSSR count). The van der Waals surface area contributed by atoms with Crippen molar-refractivity contribution in [3.8, 4) is 5.75 Å². The van der Waals surface area contributed by atoms with E-state index in [4.69, 9.17) is 14.5 Å². The first-order chi connectivity index (χ1) is 14.6. The van der Waals surface area contributed by atoms with Crippen molar-refractivity contribution in [1.82, 2.24) is 15.6 Å². The Morgan fingerprint density at radius 3 is 2.90 bits per heavy atom. The summed E-state index contributed by atoms with van der Waals surface area (Å²) in [4.78, 5) is 9.30. The van der Waals surface area contributed by atoms with E-state index in [1.807, 2.05) is 6.92 Å². The number of nitrogens with zero attached hydrogens (tertiary/aromatic N) is 2. The van der Waals surface area contributed by atoms with Crippen LogP contribution in [-0.2, 0) is 17.7 Å². The normalized spacial score (nSPS) is 16.1. The third kappa shape index (κ3) is 8.94. The third-order valence-corrected chi connectivity index (χ3v) is 6.03. The molecule has 0 aliphatic carbocycles. The van der Waals surface area contributed by atoms with Gasteiger partial charge in [-0.15, -0.1) is 35.3 Å². The second-order valence-corrected chi connectivity index (χ2v) is 8.70. The van der Waals surface area contributed by atoms with Crippen molar-refractivity contribution in [2.45, 2.75) is 46.6 Å². The standard InChI is InChI=1S/C23H34N4O2S.HI/c1-4-24-23(25-10-5-6-22-27-18(3)16-30-22)26-13-20-8-7-17(2)12-21(20)29-15-19-9-11-28-14-19;/h7-8,12,16,19H,4-6,9-11,13-15H2,1-3H3,(H2,24,25,26);1H. The second kappa shape index (κ2) is 13.9. The molecule has 2 heterocycles. The van der Waals surface area contributed by atoms with E-state index in [0.717, 1.165) is 68.5 Å². The Bertz CT molecular complexity index is 822. The number of nitrogens with one attached hydrogen (secondary N) is 2. The SMILES string of the molecule is CCNC(=NCc1ccc(C)cc1OCC1CCOC1)NCCCc1nc(C)cs1.I. The van der Waals surface area contributed by atoms with Crippen LogP contribution in [0.2, 0.25) is 0 Å². The van der Waals surface area contributed by atoms with E-state index in [0.29, 0.717) is 19.1 Å². The fraction of sp³-hybridized carbons (Fsp3) is 0.565. The van der Waals surface area contributed by atoms with Gasteiger partial charge in [0.25, 0.3) is 0 Å². The number of aryl methyl sites for hydroxylation is 3. The van der Waals surface area contributed by atoms with Gasteiger partial charge >= 0.3 is 0 Å². The lowest BCUT2D eigenvalue weighted by Crippen LogP contribution is -2.37. The van der Waals surface area contributed by atoms with Crippen LogP contribution >= 0.6 is 35.3 Å². The molecular formula is C23H35IN4O2S. The van der Waals surface area contributed by atoms with Crippen molar-refractivity contribution < 1.29 is 9.47 Å². The van der Waals surface area contributed by atoms with E-state index in [1.165, 1.54) is 10.6 Å². The van der Waals surface area contributed by atoms with Gasteiger partial charge < -0.3 is 20.1 Å². The number of aromatic nitrogens is 1. The van der Waals surface area contributed by atoms with Crippen LogP contribution in [0.1, 0.15) is 41.6 Å². The minimum Gasteiger partial charge on any atom is -0.493 e. The molecule has 1 saturated heterocycles. The van der Waals surface area contributed by atoms with Crippen molar-refractivity contribution in [2.24, 2.45) is 10.9 Å². The predicted octanol–water partition coefficient (Wildman–Crippen LogP) is 4.48. The molecule has 0 spiro atoms. The number of benzene rings is 1. The van der Waals surface area contributed by atoms with Gasteiger partial charge in [-0.2, -0.15) is 0 Å². The largest absolute Gasteiger partial charge is 0.493 e. The Kier molecular flexibility index (Phi) is 11.6. The Balaban J connectivity index is 0.00000341. The van der Waals surface area contributed by atoms with Crippen LogP contribution < -0.4 is 15.4 Å². The molecule has 0 saturated carbocycles. The highest BCUT2D eigenvalue weighted by Gasteiger charge is 2.17. The van der Waals surface area contributed by atoms with Crippen molar-refractivity contribution in [3.63, 3.8) is 0 Å². The summed E-state index contributed by atoms with van der Waals surface area (Å²) in [5, 5.41) is 10.1. The summed E-state index contributed by atoms with van der Waals surface area (Å²) >= 11 is 1.74. The van der Waals surface area contributed by atoms with Crippen LogP contribution in [0.4, 0.5) is 0 Å². The fourth-order valence-corrected chi connectivity index (χ4v) is 4.14. The summed E-state index contributed by atoms with van der Waals surface area (Å²) in [6, 6.07) is 6.34. The molecule has 1 aromatic carbocycles. The first-order valence-electron chi connectivity index (χ1n) is 10.9. The number of guanidine groups is 1. The molecule has 1 fully saturated rings. The molecule has 172 valence electrons. The molecular weight excluding hydrogens is 523 g/mol. The minimum atomic E-state index is 0. The zero-order valence-electron chi connectivity index (χ0n) is 18.8. The number of ether oxygens (including phenoxy) is 2. The number of halogens is 1. The zero-order chi connectivity index (χ0) is 21.2. The van der Waals surface area contributed by atoms with Crippen LogP contribution in [0.5, 0.6) is 5.75 Å². The monoisotopic (exact) mass is 558 g/mol. The predicted molar refractivity (Wildman–Crippen MR) is 139 cm³/mol. The maximum atomic E-state index is 6.15. The molecule has 0 bridgehead atoms. The number of hydrogen-bond acceptors (Lipinski definition) is 5. The Hall–Kier alpha value is -1.39. The molecule has 0 radical (unpaired) electrons. The third-order valence-electron chi connectivity index (χ3n) is 5.00. The van der Waals surface area contributed by atoms with Crippen molar-refractivity contribution in [1.29, 1.82) is 0 Å². The summed E-state index contributed by atoms with van der Waals surface area (Å²) in [7, 11) is 0. The molecule has 1 aliphatic rings. The molecule has 1 aromatic heterocycles. The van der Waals surface area contributed by atoms with Crippen molar-refractivity contribution in [2.75, 3.05) is 32.9 Å². The van der Waals surface area contributed by atoms with Crippen molar-refractivity contribution in [3.05, 3.63) is 45.4 Å². The van der Waals surface area contributed by atoms with Gasteiger partial charge in [0.1, 0.15) is 5.75 Å². The fourth-order valence-electron chi connectivity index (χ4n) is 3.32. The summed E-state index contributed by atoms with van der Waals surface area (Å²) in [6.07, 6.45) is 3.10. The molecule has 1 unspecified atom stereocenters. The van der Waals surface area contributed by atoms with Crippen molar-refractivity contribution >= 4 is 41.3 Å². The number of aliphatic imine (C=N–C) groups is 1. The minimum absolute atomic E-state index is 0. The molecule has 1 atom stereocenters. The Labute approximate surface area is 207 Å². The van der Waals surface area contributed by atoms with Gasteiger partial charge in [0.15, 0.2) is 5.96 Å². The Morgan fingerprint density at radius 1 is 1.32 bits per heavy atom. The Morgan fingerprint density at radius 2 is 2.19 bits per heavy atom. The lowest BCUT2D eigenvalue weighted by Gasteiger charge is -2.15. The molecule has 2 N–H and O–H groups in total. The van der Waals surface area contributed by atoms with E-state index >= 15 is 0 Å². The number of hydrogen-bond donors (Lipinski definition) is 2. The lowest BCUT2D eigenvalue weighted by molar-refractivity contribution is 0.166. The molecule has 6 nitrogen and oxygen atoms in total. The van der Waals surface area contributed by atoms with Gasteiger partial charge in [-0.25, -0.2) is 9.98 Å².